The van der Waals surface area contributed by atoms with Crippen LogP contribution in [0.3, 0.4) is 0 Å². The molecule has 4 nitrogen and oxygen atoms in total. The van der Waals surface area contributed by atoms with Gasteiger partial charge >= 0.3 is 0 Å². The maximum Gasteiger partial charge on any atom is 0.162 e. The van der Waals surface area contributed by atoms with Gasteiger partial charge in [-0.2, -0.15) is 0 Å². The summed E-state index contributed by atoms with van der Waals surface area (Å²) in [4.78, 5) is 2.27. The van der Waals surface area contributed by atoms with E-state index in [0.717, 1.165) is 6.42 Å². The van der Waals surface area contributed by atoms with Crippen LogP contribution in [-0.4, -0.2) is 38.7 Å². The Bertz CT molecular complexity index is 705. The van der Waals surface area contributed by atoms with E-state index in [2.05, 4.69) is 66.5 Å². The van der Waals surface area contributed by atoms with Gasteiger partial charge in [0.05, 0.1) is 19.4 Å². The van der Waals surface area contributed by atoms with Crippen molar-refractivity contribution in [2.75, 3.05) is 27.5 Å². The van der Waals surface area contributed by atoms with Crippen molar-refractivity contribution in [1.29, 1.82) is 0 Å². The first kappa shape index (κ1) is 16.7. The Morgan fingerprint density at radius 3 is 2.60 bits per heavy atom. The average Bonchev–Trinajstić information content (AvgIpc) is 2.67. The van der Waals surface area contributed by atoms with Crippen LogP contribution in [0.15, 0.2) is 54.6 Å². The molecule has 0 amide bonds. The van der Waals surface area contributed by atoms with E-state index in [1.54, 1.807) is 7.11 Å². The molecule has 132 valence electrons. The summed E-state index contributed by atoms with van der Waals surface area (Å²) in [5.41, 5.74) is 3.88. The molecule has 0 spiro atoms. The second-order valence-electron chi connectivity index (χ2n) is 6.90. The van der Waals surface area contributed by atoms with Crippen molar-refractivity contribution in [3.8, 4) is 0 Å². The number of hydrogen-bond acceptors (Lipinski definition) is 4. The highest BCUT2D eigenvalue weighted by atomic mass is 16.7. The lowest BCUT2D eigenvalue weighted by Gasteiger charge is -2.45. The van der Waals surface area contributed by atoms with E-state index in [0.29, 0.717) is 13.3 Å². The third-order valence-electron chi connectivity index (χ3n) is 5.33. The highest BCUT2D eigenvalue weighted by Crippen LogP contribution is 2.44. The maximum atomic E-state index is 6.37. The molecule has 2 aromatic rings. The fraction of sp³-hybridized carbons (Fsp3) is 0.429. The minimum Gasteiger partial charge on any atom is -0.366 e. The smallest absolute Gasteiger partial charge is 0.162 e. The maximum absolute atomic E-state index is 6.37. The summed E-state index contributed by atoms with van der Waals surface area (Å²) in [6, 6.07) is 19.5. The summed E-state index contributed by atoms with van der Waals surface area (Å²) < 4.78 is 17.8. The number of nitrogens with zero attached hydrogens (tertiary/aromatic N) is 1. The predicted octanol–water partition coefficient (Wildman–Crippen LogP) is 3.55. The first-order valence-electron chi connectivity index (χ1n) is 8.87. The molecule has 4 heteroatoms. The van der Waals surface area contributed by atoms with Gasteiger partial charge in [0, 0.05) is 25.5 Å². The quantitative estimate of drug-likeness (QED) is 0.856. The molecule has 0 radical (unpaired) electrons. The summed E-state index contributed by atoms with van der Waals surface area (Å²) in [5, 5.41) is 0. The van der Waals surface area contributed by atoms with Gasteiger partial charge in [-0.25, -0.2) is 0 Å². The van der Waals surface area contributed by atoms with E-state index in [1.807, 2.05) is 0 Å². The van der Waals surface area contributed by atoms with Crippen molar-refractivity contribution in [3.63, 3.8) is 0 Å². The molecular formula is C21H25NO3. The number of hydrogen-bond donors (Lipinski definition) is 0. The second kappa shape index (κ2) is 7.26. The molecule has 0 aromatic heterocycles. The third-order valence-corrected chi connectivity index (χ3v) is 5.33. The number of fused-ring (bicyclic) bond motifs is 1. The highest BCUT2D eigenvalue weighted by Gasteiger charge is 2.41. The topological polar surface area (TPSA) is 30.9 Å². The minimum absolute atomic E-state index is 0.0390. The average molecular weight is 339 g/mol. The van der Waals surface area contributed by atoms with Gasteiger partial charge in [0.25, 0.3) is 0 Å². The number of rotatable bonds is 3. The van der Waals surface area contributed by atoms with Crippen LogP contribution in [-0.2, 0) is 20.6 Å². The number of ether oxygens (including phenoxy) is 3. The highest BCUT2D eigenvalue weighted by molar-refractivity contribution is 5.33. The molecule has 0 bridgehead atoms. The largest absolute Gasteiger partial charge is 0.366 e. The van der Waals surface area contributed by atoms with Crippen LogP contribution in [0.25, 0.3) is 0 Å². The van der Waals surface area contributed by atoms with E-state index < -0.39 is 0 Å². The van der Waals surface area contributed by atoms with Crippen molar-refractivity contribution in [1.82, 2.24) is 4.90 Å². The van der Waals surface area contributed by atoms with E-state index in [9.17, 15) is 0 Å². The van der Waals surface area contributed by atoms with Crippen LogP contribution in [0, 0.1) is 5.92 Å². The second-order valence-corrected chi connectivity index (χ2v) is 6.90. The molecule has 0 N–H and O–H groups in total. The summed E-state index contributed by atoms with van der Waals surface area (Å²) in [5.74, 6) is 0.209. The van der Waals surface area contributed by atoms with E-state index >= 15 is 0 Å². The first-order chi connectivity index (χ1) is 12.3. The number of methoxy groups -OCH3 is 1. The summed E-state index contributed by atoms with van der Waals surface area (Å²) in [7, 11) is 3.83. The first-order valence-corrected chi connectivity index (χ1v) is 8.87. The molecule has 2 aliphatic heterocycles. The molecule has 2 aliphatic rings. The van der Waals surface area contributed by atoms with E-state index in [-0.39, 0.29) is 24.4 Å². The standard InChI is InChI=1S/C21H25NO3/c1-22-14-24-13-18(20(22)15-8-4-3-5-9-15)21-17-11-7-6-10-16(17)12-19(23-2)25-21/h3-11,18-21H,12-14H2,1-2H3/t18-,19?,20+,21-/m0/s1. The normalized spacial score (nSPS) is 30.0. The van der Waals surface area contributed by atoms with Gasteiger partial charge in [0.2, 0.25) is 0 Å². The third kappa shape index (κ3) is 3.23. The fourth-order valence-corrected chi connectivity index (χ4v) is 4.17. The molecule has 1 fully saturated rings. The van der Waals surface area contributed by atoms with Crippen molar-refractivity contribution in [3.05, 3.63) is 71.3 Å². The molecule has 1 saturated heterocycles. The zero-order valence-corrected chi connectivity index (χ0v) is 14.8. The van der Waals surface area contributed by atoms with Gasteiger partial charge in [0.1, 0.15) is 0 Å². The summed E-state index contributed by atoms with van der Waals surface area (Å²) >= 11 is 0. The summed E-state index contributed by atoms with van der Waals surface area (Å²) in [6.07, 6.45) is 0.550. The number of benzene rings is 2. The molecule has 2 aromatic carbocycles. The molecular weight excluding hydrogens is 314 g/mol. The molecule has 25 heavy (non-hydrogen) atoms. The van der Waals surface area contributed by atoms with Crippen LogP contribution in [0.2, 0.25) is 0 Å². The Hall–Kier alpha value is -1.72. The van der Waals surface area contributed by atoms with Gasteiger partial charge in [-0.1, -0.05) is 54.6 Å². The van der Waals surface area contributed by atoms with Crippen molar-refractivity contribution < 1.29 is 14.2 Å². The molecule has 0 aliphatic carbocycles. The Morgan fingerprint density at radius 1 is 1.04 bits per heavy atom. The van der Waals surface area contributed by atoms with Crippen molar-refractivity contribution in [2.45, 2.75) is 24.9 Å². The van der Waals surface area contributed by atoms with Gasteiger partial charge in [0.15, 0.2) is 6.29 Å². The molecule has 1 unspecified atom stereocenters. The molecule has 2 heterocycles. The van der Waals surface area contributed by atoms with E-state index in [1.165, 1.54) is 16.7 Å². The Labute approximate surface area is 149 Å². The fourth-order valence-electron chi connectivity index (χ4n) is 4.17. The minimum atomic E-state index is -0.205. The Kier molecular flexibility index (Phi) is 4.86. The van der Waals surface area contributed by atoms with Crippen LogP contribution >= 0.6 is 0 Å². The lowest BCUT2D eigenvalue weighted by atomic mass is 9.81. The van der Waals surface area contributed by atoms with Crippen LogP contribution in [0.4, 0.5) is 0 Å². The van der Waals surface area contributed by atoms with Crippen molar-refractivity contribution >= 4 is 0 Å². The summed E-state index contributed by atoms with van der Waals surface area (Å²) in [6.45, 7) is 1.32. The lowest BCUT2D eigenvalue weighted by Crippen LogP contribution is -2.45. The van der Waals surface area contributed by atoms with Gasteiger partial charge in [-0.3, -0.25) is 4.90 Å². The van der Waals surface area contributed by atoms with Gasteiger partial charge in [-0.05, 0) is 23.7 Å². The molecule has 4 atom stereocenters. The van der Waals surface area contributed by atoms with Gasteiger partial charge in [-0.15, -0.1) is 0 Å². The van der Waals surface area contributed by atoms with E-state index in [4.69, 9.17) is 14.2 Å². The lowest BCUT2D eigenvalue weighted by molar-refractivity contribution is -0.205. The van der Waals surface area contributed by atoms with Gasteiger partial charge < -0.3 is 14.2 Å². The van der Waals surface area contributed by atoms with Crippen LogP contribution in [0.1, 0.15) is 28.8 Å². The Morgan fingerprint density at radius 2 is 1.80 bits per heavy atom. The predicted molar refractivity (Wildman–Crippen MR) is 96.0 cm³/mol. The molecule has 4 rings (SSSR count). The SMILES string of the molecule is COC1Cc2ccccc2[C@@H]([C@H]2COCN(C)[C@@H]2c2ccccc2)O1. The zero-order chi connectivity index (χ0) is 17.2. The zero-order valence-electron chi connectivity index (χ0n) is 14.8. The van der Waals surface area contributed by atoms with Crippen molar-refractivity contribution in [2.24, 2.45) is 5.92 Å². The van der Waals surface area contributed by atoms with Crippen LogP contribution in [0.5, 0.6) is 0 Å². The monoisotopic (exact) mass is 339 g/mol. The molecule has 0 saturated carbocycles. The van der Waals surface area contributed by atoms with Crippen LogP contribution < -0.4 is 0 Å². The Balaban J connectivity index is 1.73.